The molecule has 0 aromatic heterocycles. The van der Waals surface area contributed by atoms with E-state index in [1.807, 2.05) is 0 Å². The second kappa shape index (κ2) is 7.04. The predicted molar refractivity (Wildman–Crippen MR) is 37.1 cm³/mol. The van der Waals surface area contributed by atoms with Gasteiger partial charge < -0.3 is 0 Å². The van der Waals surface area contributed by atoms with E-state index in [2.05, 4.69) is 13.8 Å². The van der Waals surface area contributed by atoms with Crippen LogP contribution in [0.5, 0.6) is 0 Å². The van der Waals surface area contributed by atoms with Gasteiger partial charge in [0.05, 0.1) is 0 Å². The molecule has 0 atom stereocenters. The van der Waals surface area contributed by atoms with Gasteiger partial charge in [-0.05, 0) is 0 Å². The first-order valence-corrected chi connectivity index (χ1v) is 9.41. The van der Waals surface area contributed by atoms with Crippen molar-refractivity contribution >= 4 is 26.3 Å². The molecule has 0 fully saturated rings. The molecule has 0 nitrogen and oxygen atoms in total. The van der Waals surface area contributed by atoms with Crippen LogP contribution in [0.25, 0.3) is 0 Å². The van der Waals surface area contributed by atoms with Gasteiger partial charge in [0.1, 0.15) is 0 Å². The van der Waals surface area contributed by atoms with Crippen molar-refractivity contribution in [2.24, 2.45) is 0 Å². The van der Waals surface area contributed by atoms with Crippen molar-refractivity contribution in [1.29, 1.82) is 0 Å². The molecule has 0 spiro atoms. The quantitative estimate of drug-likeness (QED) is 0.508. The molecule has 0 aliphatic rings. The molecule has 0 bridgehead atoms. The van der Waals surface area contributed by atoms with Crippen LogP contribution >= 0.6 is 0 Å². The topological polar surface area (TPSA) is 0 Å². The Bertz CT molecular complexity index is 25.3. The summed E-state index contributed by atoms with van der Waals surface area (Å²) in [7, 11) is 0. The number of hydrogen-bond acceptors (Lipinski definition) is 0. The Morgan fingerprint density at radius 3 is 2.29 bits per heavy atom. The van der Waals surface area contributed by atoms with Gasteiger partial charge in [0, 0.05) is 0 Å². The zero-order chi connectivity index (χ0) is 5.54. The fourth-order valence-corrected chi connectivity index (χ4v) is 6.09. The van der Waals surface area contributed by atoms with Crippen LogP contribution in [0, 0.1) is 0 Å². The van der Waals surface area contributed by atoms with Gasteiger partial charge in [-0.25, -0.2) is 0 Å². The molecule has 0 heterocycles. The van der Waals surface area contributed by atoms with Crippen LogP contribution in [0.2, 0.25) is 10.6 Å². The van der Waals surface area contributed by atoms with E-state index in [-0.39, 0.29) is 0 Å². The molecule has 7 heavy (non-hydrogen) atoms. The molecule has 2 heteroatoms. The summed E-state index contributed by atoms with van der Waals surface area (Å²) >= 11 is 2.07. The third-order valence-electron chi connectivity index (χ3n) is 0.489. The Morgan fingerprint density at radius 1 is 1.14 bits per heavy atom. The molecule has 0 rings (SSSR count). The summed E-state index contributed by atoms with van der Waals surface area (Å²) < 4.78 is 0. The Balaban J connectivity index is 2.45. The van der Waals surface area contributed by atoms with Crippen LogP contribution in [-0.4, -0.2) is 26.3 Å². The van der Waals surface area contributed by atoms with Gasteiger partial charge in [-0.15, -0.1) is 0 Å². The van der Waals surface area contributed by atoms with E-state index < -0.39 is 0 Å². The van der Waals surface area contributed by atoms with Gasteiger partial charge >= 0.3 is 57.2 Å². The maximum atomic E-state index is 2.29. The summed E-state index contributed by atoms with van der Waals surface area (Å²) in [6.07, 6.45) is 1.40. The first kappa shape index (κ1) is 8.04. The van der Waals surface area contributed by atoms with Gasteiger partial charge in [0.2, 0.25) is 0 Å². The van der Waals surface area contributed by atoms with Crippen LogP contribution < -0.4 is 0 Å². The second-order valence-corrected chi connectivity index (χ2v) is 9.42. The van der Waals surface area contributed by atoms with E-state index in [0.29, 0.717) is 0 Å². The Labute approximate surface area is 57.3 Å². The van der Waals surface area contributed by atoms with Crippen LogP contribution in [0.4, 0.5) is 0 Å². The molecule has 0 saturated heterocycles. The van der Waals surface area contributed by atoms with Crippen LogP contribution in [-0.2, 0) is 0 Å². The fraction of sp³-hybridized carbons (Fsp3) is 1.00. The van der Waals surface area contributed by atoms with E-state index in [4.69, 9.17) is 0 Å². The zero-order valence-corrected chi connectivity index (χ0v) is 8.36. The summed E-state index contributed by atoms with van der Waals surface area (Å²) in [5.41, 5.74) is 0. The van der Waals surface area contributed by atoms with Gasteiger partial charge in [-0.3, -0.25) is 0 Å². The standard InChI is InChI=1S/C5H12Se2/c1-3-5-7-6-4-2/h3-5H2,1-2H3. The van der Waals surface area contributed by atoms with Crippen molar-refractivity contribution < 1.29 is 0 Å². The second-order valence-electron chi connectivity index (χ2n) is 1.23. The summed E-state index contributed by atoms with van der Waals surface area (Å²) in [5.74, 6) is 0. The molecule has 0 saturated carbocycles. The first-order chi connectivity index (χ1) is 3.41. The first-order valence-electron chi connectivity index (χ1n) is 2.66. The molecule has 0 N–H and O–H groups in total. The number of hydrogen-bond donors (Lipinski definition) is 0. The van der Waals surface area contributed by atoms with Crippen LogP contribution in [0.15, 0.2) is 0 Å². The van der Waals surface area contributed by atoms with E-state index >= 15 is 0 Å². The molecule has 0 unspecified atom stereocenters. The van der Waals surface area contributed by atoms with Crippen molar-refractivity contribution in [2.45, 2.75) is 30.9 Å². The number of rotatable bonds is 4. The average molecular weight is 230 g/mol. The van der Waals surface area contributed by atoms with Crippen molar-refractivity contribution in [3.8, 4) is 0 Å². The minimum atomic E-state index is 1.03. The Morgan fingerprint density at radius 2 is 1.86 bits per heavy atom. The summed E-state index contributed by atoms with van der Waals surface area (Å²) in [5, 5.41) is 2.97. The Kier molecular flexibility index (Phi) is 8.08. The van der Waals surface area contributed by atoms with Crippen molar-refractivity contribution in [3.63, 3.8) is 0 Å². The zero-order valence-electron chi connectivity index (χ0n) is 4.94. The molecular weight excluding hydrogens is 218 g/mol. The average Bonchev–Trinajstić information content (AvgIpc) is 1.69. The molecule has 0 amide bonds. The van der Waals surface area contributed by atoms with E-state index in [0.717, 1.165) is 26.3 Å². The van der Waals surface area contributed by atoms with Crippen molar-refractivity contribution in [1.82, 2.24) is 0 Å². The third-order valence-corrected chi connectivity index (χ3v) is 8.74. The molecule has 0 aromatic carbocycles. The van der Waals surface area contributed by atoms with E-state index in [9.17, 15) is 0 Å². The van der Waals surface area contributed by atoms with E-state index in [1.54, 1.807) is 0 Å². The normalized spacial score (nSPS) is 9.43. The molecule has 44 valence electrons. The van der Waals surface area contributed by atoms with Gasteiger partial charge in [0.15, 0.2) is 0 Å². The van der Waals surface area contributed by atoms with Crippen LogP contribution in [0.3, 0.4) is 0 Å². The van der Waals surface area contributed by atoms with Crippen molar-refractivity contribution in [2.75, 3.05) is 0 Å². The summed E-state index contributed by atoms with van der Waals surface area (Å²) in [6, 6.07) is 0. The summed E-state index contributed by atoms with van der Waals surface area (Å²) in [6.45, 7) is 4.56. The predicted octanol–water partition coefficient (Wildman–Crippen LogP) is 1.58. The molecule has 0 aromatic rings. The SMILES string of the molecule is CCC[Se][Se]CC. The molecule has 0 radical (unpaired) electrons. The van der Waals surface area contributed by atoms with Gasteiger partial charge in [0.25, 0.3) is 0 Å². The van der Waals surface area contributed by atoms with Gasteiger partial charge in [-0.2, -0.15) is 0 Å². The minimum absolute atomic E-state index is 1.03. The molecule has 0 aliphatic heterocycles. The maximum absolute atomic E-state index is 2.29. The third kappa shape index (κ3) is 7.04. The summed E-state index contributed by atoms with van der Waals surface area (Å²) in [4.78, 5) is 0. The fourth-order valence-electron chi connectivity index (χ4n) is 0.226. The van der Waals surface area contributed by atoms with Gasteiger partial charge in [-0.1, -0.05) is 0 Å². The Hall–Kier alpha value is 1.04. The van der Waals surface area contributed by atoms with E-state index in [1.165, 1.54) is 17.1 Å². The molecule has 0 aliphatic carbocycles. The molecular formula is C5H12Se2. The van der Waals surface area contributed by atoms with Crippen LogP contribution in [0.1, 0.15) is 20.3 Å². The monoisotopic (exact) mass is 232 g/mol. The van der Waals surface area contributed by atoms with Crippen molar-refractivity contribution in [3.05, 3.63) is 0 Å².